The van der Waals surface area contributed by atoms with E-state index in [0.29, 0.717) is 22.5 Å². The van der Waals surface area contributed by atoms with Crippen LogP contribution >= 0.6 is 0 Å². The standard InChI is InChI=1S/C20H13FN2O2/c21-15-9-3-4-10-16(15)22-17-11-5-6-12-18(17)23-19(24)13-7-1-2-8-14(13)20(23)25/h1-12,22H. The van der Waals surface area contributed by atoms with Gasteiger partial charge in [-0.05, 0) is 36.4 Å². The van der Waals surface area contributed by atoms with Crippen LogP contribution in [0.5, 0.6) is 0 Å². The molecule has 0 fully saturated rings. The maximum absolute atomic E-state index is 13.9. The number of fused-ring (bicyclic) bond motifs is 1. The summed E-state index contributed by atoms with van der Waals surface area (Å²) in [4.78, 5) is 26.5. The number of para-hydroxylation sites is 3. The number of amides is 2. The Bertz CT molecular complexity index is 965. The van der Waals surface area contributed by atoms with E-state index < -0.39 is 5.82 Å². The van der Waals surface area contributed by atoms with E-state index in [1.54, 1.807) is 66.7 Å². The van der Waals surface area contributed by atoms with Crippen molar-refractivity contribution >= 4 is 28.9 Å². The predicted octanol–water partition coefficient (Wildman–Crippen LogP) is 4.37. The van der Waals surface area contributed by atoms with Gasteiger partial charge in [-0.15, -0.1) is 0 Å². The number of nitrogens with zero attached hydrogens (tertiary/aromatic N) is 1. The van der Waals surface area contributed by atoms with Crippen LogP contribution in [0.1, 0.15) is 20.7 Å². The highest BCUT2D eigenvalue weighted by molar-refractivity contribution is 6.35. The van der Waals surface area contributed by atoms with Gasteiger partial charge in [-0.2, -0.15) is 0 Å². The van der Waals surface area contributed by atoms with Crippen LogP contribution < -0.4 is 10.2 Å². The van der Waals surface area contributed by atoms with E-state index in [2.05, 4.69) is 5.32 Å². The van der Waals surface area contributed by atoms with Crippen LogP contribution in [-0.4, -0.2) is 11.8 Å². The molecular weight excluding hydrogens is 319 g/mol. The largest absolute Gasteiger partial charge is 0.351 e. The Morgan fingerprint density at radius 1 is 0.680 bits per heavy atom. The Morgan fingerprint density at radius 3 is 1.84 bits per heavy atom. The molecule has 0 aliphatic carbocycles. The van der Waals surface area contributed by atoms with Gasteiger partial charge in [0.2, 0.25) is 0 Å². The third-order valence-electron chi connectivity index (χ3n) is 4.08. The van der Waals surface area contributed by atoms with Crippen LogP contribution in [0, 0.1) is 5.82 Å². The average Bonchev–Trinajstić information content (AvgIpc) is 2.89. The fourth-order valence-electron chi connectivity index (χ4n) is 2.89. The van der Waals surface area contributed by atoms with Gasteiger partial charge in [0.1, 0.15) is 5.82 Å². The molecule has 0 spiro atoms. The Labute approximate surface area is 143 Å². The van der Waals surface area contributed by atoms with Crippen molar-refractivity contribution in [3.8, 4) is 0 Å². The van der Waals surface area contributed by atoms with Gasteiger partial charge in [0.25, 0.3) is 11.8 Å². The van der Waals surface area contributed by atoms with Crippen molar-refractivity contribution < 1.29 is 14.0 Å². The Hall–Kier alpha value is -3.47. The highest BCUT2D eigenvalue weighted by Gasteiger charge is 2.37. The smallest absolute Gasteiger partial charge is 0.266 e. The number of anilines is 3. The van der Waals surface area contributed by atoms with Gasteiger partial charge >= 0.3 is 0 Å². The lowest BCUT2D eigenvalue weighted by Crippen LogP contribution is -2.30. The van der Waals surface area contributed by atoms with Crippen LogP contribution in [-0.2, 0) is 0 Å². The minimum atomic E-state index is -0.417. The topological polar surface area (TPSA) is 49.4 Å². The lowest BCUT2D eigenvalue weighted by molar-refractivity contribution is 0.0926. The first-order valence-corrected chi connectivity index (χ1v) is 7.75. The van der Waals surface area contributed by atoms with E-state index in [9.17, 15) is 14.0 Å². The summed E-state index contributed by atoms with van der Waals surface area (Å²) in [5, 5.41) is 2.96. The number of hydrogen-bond acceptors (Lipinski definition) is 3. The maximum atomic E-state index is 13.9. The van der Waals surface area contributed by atoms with E-state index in [1.165, 1.54) is 6.07 Å². The van der Waals surface area contributed by atoms with Gasteiger partial charge in [0.15, 0.2) is 0 Å². The molecule has 1 heterocycles. The molecule has 0 aromatic heterocycles. The SMILES string of the molecule is O=C1c2ccccc2C(=O)N1c1ccccc1Nc1ccccc1F. The van der Waals surface area contributed by atoms with Crippen molar-refractivity contribution in [1.29, 1.82) is 0 Å². The third kappa shape index (κ3) is 2.46. The second-order valence-electron chi connectivity index (χ2n) is 5.61. The van der Waals surface area contributed by atoms with E-state index >= 15 is 0 Å². The number of halogens is 1. The second kappa shape index (κ2) is 5.87. The number of hydrogen-bond donors (Lipinski definition) is 1. The number of carbonyl (C=O) groups excluding carboxylic acids is 2. The van der Waals surface area contributed by atoms with Gasteiger partial charge in [0.05, 0.1) is 28.2 Å². The fourth-order valence-corrected chi connectivity index (χ4v) is 2.89. The molecule has 0 bridgehead atoms. The molecule has 2 amide bonds. The van der Waals surface area contributed by atoms with Crippen molar-refractivity contribution in [3.05, 3.63) is 89.7 Å². The number of carbonyl (C=O) groups is 2. The highest BCUT2D eigenvalue weighted by Crippen LogP contribution is 2.35. The Morgan fingerprint density at radius 2 is 1.20 bits per heavy atom. The predicted molar refractivity (Wildman–Crippen MR) is 93.7 cm³/mol. The summed E-state index contributed by atoms with van der Waals surface area (Å²) in [6.45, 7) is 0. The van der Waals surface area contributed by atoms with Gasteiger partial charge in [-0.25, -0.2) is 9.29 Å². The van der Waals surface area contributed by atoms with Crippen molar-refractivity contribution in [2.45, 2.75) is 0 Å². The first kappa shape index (κ1) is 15.1. The van der Waals surface area contributed by atoms with Crippen molar-refractivity contribution in [2.75, 3.05) is 10.2 Å². The molecule has 1 N–H and O–H groups in total. The highest BCUT2D eigenvalue weighted by atomic mass is 19.1. The molecule has 0 saturated carbocycles. The lowest BCUT2D eigenvalue weighted by atomic mass is 10.1. The number of rotatable bonds is 3. The Kier molecular flexibility index (Phi) is 3.54. The van der Waals surface area contributed by atoms with Crippen LogP contribution in [0.4, 0.5) is 21.5 Å². The van der Waals surface area contributed by atoms with Crippen LogP contribution in [0.25, 0.3) is 0 Å². The molecule has 5 heteroatoms. The van der Waals surface area contributed by atoms with Gasteiger partial charge in [-0.1, -0.05) is 36.4 Å². The lowest BCUT2D eigenvalue weighted by Gasteiger charge is -2.19. The summed E-state index contributed by atoms with van der Waals surface area (Å²) in [7, 11) is 0. The van der Waals surface area contributed by atoms with E-state index in [-0.39, 0.29) is 17.5 Å². The summed E-state index contributed by atoms with van der Waals surface area (Å²) in [5.41, 5.74) is 1.87. The summed E-state index contributed by atoms with van der Waals surface area (Å²) in [6.07, 6.45) is 0. The van der Waals surface area contributed by atoms with Crippen molar-refractivity contribution in [3.63, 3.8) is 0 Å². The van der Waals surface area contributed by atoms with Gasteiger partial charge in [-0.3, -0.25) is 9.59 Å². The first-order valence-electron chi connectivity index (χ1n) is 7.75. The molecule has 1 aliphatic rings. The van der Waals surface area contributed by atoms with Gasteiger partial charge < -0.3 is 5.32 Å². The molecule has 0 saturated heterocycles. The quantitative estimate of drug-likeness (QED) is 0.725. The molecule has 25 heavy (non-hydrogen) atoms. The molecule has 122 valence electrons. The summed E-state index contributed by atoms with van der Waals surface area (Å²) in [6, 6.07) is 19.8. The van der Waals surface area contributed by atoms with Crippen molar-refractivity contribution in [2.24, 2.45) is 0 Å². The van der Waals surface area contributed by atoms with Crippen molar-refractivity contribution in [1.82, 2.24) is 0 Å². The van der Waals surface area contributed by atoms with Crippen LogP contribution in [0.2, 0.25) is 0 Å². The third-order valence-corrected chi connectivity index (χ3v) is 4.08. The molecular formula is C20H13FN2O2. The molecule has 0 unspecified atom stereocenters. The summed E-state index contributed by atoms with van der Waals surface area (Å²) in [5.74, 6) is -1.19. The number of nitrogens with one attached hydrogen (secondary N) is 1. The maximum Gasteiger partial charge on any atom is 0.266 e. The monoisotopic (exact) mass is 332 g/mol. The number of benzene rings is 3. The second-order valence-corrected chi connectivity index (χ2v) is 5.61. The molecule has 4 rings (SSSR count). The molecule has 3 aromatic rings. The minimum Gasteiger partial charge on any atom is -0.351 e. The van der Waals surface area contributed by atoms with E-state index in [4.69, 9.17) is 0 Å². The summed E-state index contributed by atoms with van der Waals surface area (Å²) >= 11 is 0. The zero-order valence-corrected chi connectivity index (χ0v) is 13.1. The molecule has 0 radical (unpaired) electrons. The summed E-state index contributed by atoms with van der Waals surface area (Å²) < 4.78 is 13.9. The zero-order chi connectivity index (χ0) is 17.4. The average molecular weight is 332 g/mol. The normalized spacial score (nSPS) is 13.1. The Balaban J connectivity index is 1.77. The molecule has 3 aromatic carbocycles. The zero-order valence-electron chi connectivity index (χ0n) is 13.1. The number of imide groups is 1. The van der Waals surface area contributed by atoms with Crippen LogP contribution in [0.3, 0.4) is 0 Å². The fraction of sp³-hybridized carbons (Fsp3) is 0. The minimum absolute atomic E-state index is 0.270. The van der Waals surface area contributed by atoms with E-state index in [0.717, 1.165) is 4.90 Å². The molecule has 0 atom stereocenters. The first-order chi connectivity index (χ1) is 12.2. The molecule has 1 aliphatic heterocycles. The van der Waals surface area contributed by atoms with Gasteiger partial charge in [0, 0.05) is 0 Å². The van der Waals surface area contributed by atoms with E-state index in [1.807, 2.05) is 0 Å². The van der Waals surface area contributed by atoms with Crippen LogP contribution in [0.15, 0.2) is 72.8 Å². The molecule has 4 nitrogen and oxygen atoms in total.